The summed E-state index contributed by atoms with van der Waals surface area (Å²) in [5.74, 6) is -0.990. The van der Waals surface area contributed by atoms with Gasteiger partial charge in [-0.25, -0.2) is 13.9 Å². The first-order chi connectivity index (χ1) is 14.7. The smallest absolute Gasteiger partial charge is 0.412 e. The van der Waals surface area contributed by atoms with Crippen molar-refractivity contribution < 1.29 is 23.5 Å². The molecule has 3 aromatic rings. The Labute approximate surface area is 179 Å². The van der Waals surface area contributed by atoms with E-state index in [0.717, 1.165) is 17.8 Å². The number of rotatable bonds is 5. The van der Waals surface area contributed by atoms with Crippen LogP contribution in [0.15, 0.2) is 54.7 Å². The first-order valence-electron chi connectivity index (χ1n) is 9.46. The molecular weight excluding hydrogens is 403 g/mol. The number of halogens is 1. The van der Waals surface area contributed by atoms with Crippen LogP contribution >= 0.6 is 0 Å². The summed E-state index contributed by atoms with van der Waals surface area (Å²) in [6, 6.07) is 12.8. The summed E-state index contributed by atoms with van der Waals surface area (Å²) < 4.78 is 25.8. The lowest BCUT2D eigenvalue weighted by Crippen LogP contribution is -2.27. The van der Waals surface area contributed by atoms with Crippen molar-refractivity contribution in [3.05, 3.63) is 66.2 Å². The monoisotopic (exact) mass is 426 g/mol. The highest BCUT2D eigenvalue weighted by atomic mass is 19.1. The fourth-order valence-electron chi connectivity index (χ4n) is 2.70. The van der Waals surface area contributed by atoms with Crippen molar-refractivity contribution in [2.24, 2.45) is 0 Å². The molecule has 1 heterocycles. The maximum atomic E-state index is 13.8. The number of aromatic nitrogens is 2. The van der Waals surface area contributed by atoms with Crippen molar-refractivity contribution in [1.29, 1.82) is 0 Å². The van der Waals surface area contributed by atoms with Gasteiger partial charge in [0.2, 0.25) is 0 Å². The van der Waals surface area contributed by atoms with Crippen LogP contribution < -0.4 is 15.4 Å². The molecule has 0 fully saturated rings. The molecule has 2 N–H and O–H groups in total. The molecule has 3 rings (SSSR count). The van der Waals surface area contributed by atoms with Gasteiger partial charge in [-0.05, 0) is 51.1 Å². The third kappa shape index (κ3) is 5.59. The maximum Gasteiger partial charge on any atom is 0.412 e. The SMILES string of the molecule is COc1cn(-c2ccccc2)nc1C(=O)Nc1cc(F)ccc1NC(=O)OC(C)(C)C. The van der Waals surface area contributed by atoms with E-state index in [9.17, 15) is 14.0 Å². The largest absolute Gasteiger partial charge is 0.493 e. The van der Waals surface area contributed by atoms with Crippen molar-refractivity contribution >= 4 is 23.4 Å². The van der Waals surface area contributed by atoms with E-state index >= 15 is 0 Å². The molecule has 8 nitrogen and oxygen atoms in total. The van der Waals surface area contributed by atoms with Crippen LogP contribution in [0, 0.1) is 5.82 Å². The number of carbonyl (C=O) groups is 2. The van der Waals surface area contributed by atoms with Gasteiger partial charge in [0.25, 0.3) is 5.91 Å². The fourth-order valence-corrected chi connectivity index (χ4v) is 2.70. The van der Waals surface area contributed by atoms with Gasteiger partial charge in [0, 0.05) is 0 Å². The van der Waals surface area contributed by atoms with Crippen molar-refractivity contribution in [2.45, 2.75) is 26.4 Å². The number of carbonyl (C=O) groups excluding carboxylic acids is 2. The molecule has 0 aliphatic rings. The highest BCUT2D eigenvalue weighted by Gasteiger charge is 2.21. The highest BCUT2D eigenvalue weighted by Crippen LogP contribution is 2.26. The molecule has 2 amide bonds. The molecule has 0 unspecified atom stereocenters. The number of methoxy groups -OCH3 is 1. The zero-order valence-electron chi connectivity index (χ0n) is 17.6. The predicted octanol–water partition coefficient (Wildman–Crippen LogP) is 4.62. The lowest BCUT2D eigenvalue weighted by molar-refractivity contribution is 0.0635. The van der Waals surface area contributed by atoms with E-state index in [0.29, 0.717) is 0 Å². The normalized spacial score (nSPS) is 11.0. The van der Waals surface area contributed by atoms with Gasteiger partial charge in [-0.3, -0.25) is 10.1 Å². The van der Waals surface area contributed by atoms with Gasteiger partial charge in [0.1, 0.15) is 11.4 Å². The van der Waals surface area contributed by atoms with Gasteiger partial charge in [0.15, 0.2) is 11.4 Å². The Balaban J connectivity index is 1.86. The highest BCUT2D eigenvalue weighted by molar-refractivity contribution is 6.07. The summed E-state index contributed by atoms with van der Waals surface area (Å²) in [5.41, 5.74) is 0.236. The summed E-state index contributed by atoms with van der Waals surface area (Å²) in [6.45, 7) is 5.15. The van der Waals surface area contributed by atoms with Crippen LogP contribution in [0.1, 0.15) is 31.3 Å². The molecule has 1 aromatic heterocycles. The molecule has 0 saturated carbocycles. The van der Waals surface area contributed by atoms with E-state index in [1.807, 2.05) is 30.3 Å². The van der Waals surface area contributed by atoms with Gasteiger partial charge in [-0.1, -0.05) is 18.2 Å². The first-order valence-corrected chi connectivity index (χ1v) is 9.46. The van der Waals surface area contributed by atoms with Gasteiger partial charge >= 0.3 is 6.09 Å². The number of nitrogens with one attached hydrogen (secondary N) is 2. The van der Waals surface area contributed by atoms with Crippen LogP contribution in [0.4, 0.5) is 20.6 Å². The van der Waals surface area contributed by atoms with E-state index in [1.54, 1.807) is 27.0 Å². The summed E-state index contributed by atoms with van der Waals surface area (Å²) in [4.78, 5) is 25.0. The predicted molar refractivity (Wildman–Crippen MR) is 114 cm³/mol. The molecule has 162 valence electrons. The zero-order valence-corrected chi connectivity index (χ0v) is 17.6. The Morgan fingerprint density at radius 3 is 2.39 bits per heavy atom. The van der Waals surface area contributed by atoms with Crippen LogP contribution in [0.25, 0.3) is 5.69 Å². The van der Waals surface area contributed by atoms with Gasteiger partial charge in [0.05, 0.1) is 30.4 Å². The number of nitrogens with zero attached hydrogens (tertiary/aromatic N) is 2. The fraction of sp³-hybridized carbons (Fsp3) is 0.227. The summed E-state index contributed by atoms with van der Waals surface area (Å²) in [7, 11) is 1.42. The van der Waals surface area contributed by atoms with Crippen LogP contribution in [-0.4, -0.2) is 34.5 Å². The molecule has 9 heteroatoms. The molecule has 0 aliphatic heterocycles. The Morgan fingerprint density at radius 1 is 1.03 bits per heavy atom. The van der Waals surface area contributed by atoms with E-state index in [4.69, 9.17) is 9.47 Å². The molecule has 0 saturated heterocycles. The standard InChI is InChI=1S/C22H23FN4O4/c1-22(2,3)31-21(29)25-16-11-10-14(23)12-17(16)24-20(28)19-18(30-4)13-27(26-19)15-8-6-5-7-9-15/h5-13H,1-4H3,(H,24,28)(H,25,29). The van der Waals surface area contributed by atoms with Crippen LogP contribution in [-0.2, 0) is 4.74 Å². The second kappa shape index (κ2) is 8.86. The molecule has 31 heavy (non-hydrogen) atoms. The van der Waals surface area contributed by atoms with Crippen LogP contribution in [0.3, 0.4) is 0 Å². The number of amides is 2. The Hall–Kier alpha value is -3.88. The number of hydrogen-bond donors (Lipinski definition) is 2. The average Bonchev–Trinajstić information content (AvgIpc) is 3.14. The molecule has 0 atom stereocenters. The van der Waals surface area contributed by atoms with E-state index in [2.05, 4.69) is 15.7 Å². The molecule has 0 spiro atoms. The average molecular weight is 426 g/mol. The second-order valence-electron chi connectivity index (χ2n) is 7.60. The van der Waals surface area contributed by atoms with Crippen molar-refractivity contribution in [2.75, 3.05) is 17.7 Å². The Bertz CT molecular complexity index is 1090. The summed E-state index contributed by atoms with van der Waals surface area (Å²) in [5, 5.41) is 9.36. The first kappa shape index (κ1) is 21.8. The van der Waals surface area contributed by atoms with Crippen LogP contribution in [0.5, 0.6) is 5.75 Å². The Kier molecular flexibility index (Phi) is 6.24. The molecular formula is C22H23FN4O4. The second-order valence-corrected chi connectivity index (χ2v) is 7.60. The third-order valence-corrected chi connectivity index (χ3v) is 4.00. The lowest BCUT2D eigenvalue weighted by atomic mass is 10.2. The minimum atomic E-state index is -0.736. The summed E-state index contributed by atoms with van der Waals surface area (Å²) >= 11 is 0. The third-order valence-electron chi connectivity index (χ3n) is 4.00. The lowest BCUT2D eigenvalue weighted by Gasteiger charge is -2.20. The van der Waals surface area contributed by atoms with Gasteiger partial charge in [-0.2, -0.15) is 5.10 Å². The minimum Gasteiger partial charge on any atom is -0.493 e. The topological polar surface area (TPSA) is 94.5 Å². The Morgan fingerprint density at radius 2 is 1.74 bits per heavy atom. The molecule has 0 radical (unpaired) electrons. The quantitative estimate of drug-likeness (QED) is 0.621. The van der Waals surface area contributed by atoms with Crippen molar-refractivity contribution in [1.82, 2.24) is 9.78 Å². The van der Waals surface area contributed by atoms with Gasteiger partial charge in [-0.15, -0.1) is 0 Å². The van der Waals surface area contributed by atoms with E-state index in [-0.39, 0.29) is 22.8 Å². The van der Waals surface area contributed by atoms with E-state index < -0.39 is 23.4 Å². The number of benzene rings is 2. The zero-order chi connectivity index (χ0) is 22.6. The van der Waals surface area contributed by atoms with Crippen molar-refractivity contribution in [3.8, 4) is 11.4 Å². The molecule has 0 aliphatic carbocycles. The minimum absolute atomic E-state index is 0.00108. The molecule has 0 bridgehead atoms. The number of hydrogen-bond acceptors (Lipinski definition) is 5. The summed E-state index contributed by atoms with van der Waals surface area (Å²) in [6.07, 6.45) is 0.830. The molecule has 2 aromatic carbocycles. The van der Waals surface area contributed by atoms with Gasteiger partial charge < -0.3 is 14.8 Å². The maximum absolute atomic E-state index is 13.8. The number of ether oxygens (including phenoxy) is 2. The number of para-hydroxylation sites is 1. The van der Waals surface area contributed by atoms with Crippen LogP contribution in [0.2, 0.25) is 0 Å². The van der Waals surface area contributed by atoms with E-state index in [1.165, 1.54) is 17.9 Å². The number of anilines is 2. The van der Waals surface area contributed by atoms with Crippen molar-refractivity contribution in [3.63, 3.8) is 0 Å².